The Kier molecular flexibility index (Phi) is 6.13. The molecule has 1 aromatic carbocycles. The number of likely N-dealkylation sites (tertiary alicyclic amines) is 1. The first-order chi connectivity index (χ1) is 13.1. The molecule has 0 radical (unpaired) electrons. The van der Waals surface area contributed by atoms with Gasteiger partial charge in [-0.3, -0.25) is 9.69 Å². The quantitative estimate of drug-likeness (QED) is 0.786. The number of ether oxygens (including phenoxy) is 2. The van der Waals surface area contributed by atoms with Gasteiger partial charge in [0.2, 0.25) is 5.91 Å². The third-order valence-corrected chi connectivity index (χ3v) is 4.84. The zero-order chi connectivity index (χ0) is 19.2. The number of hydrogen-bond acceptors (Lipinski definition) is 6. The van der Waals surface area contributed by atoms with Gasteiger partial charge in [0.15, 0.2) is 0 Å². The molecule has 2 heterocycles. The van der Waals surface area contributed by atoms with E-state index >= 15 is 0 Å². The van der Waals surface area contributed by atoms with Crippen molar-refractivity contribution in [3.63, 3.8) is 0 Å². The summed E-state index contributed by atoms with van der Waals surface area (Å²) < 4.78 is 15.5. The van der Waals surface area contributed by atoms with Crippen LogP contribution in [0.15, 0.2) is 41.0 Å². The predicted molar refractivity (Wildman–Crippen MR) is 99.7 cm³/mol. The van der Waals surface area contributed by atoms with Crippen molar-refractivity contribution >= 4 is 17.6 Å². The van der Waals surface area contributed by atoms with E-state index in [-0.39, 0.29) is 11.8 Å². The number of para-hydroxylation sites is 2. The molecule has 0 bridgehead atoms. The van der Waals surface area contributed by atoms with Crippen LogP contribution in [0.2, 0.25) is 0 Å². The Morgan fingerprint density at radius 1 is 1.19 bits per heavy atom. The highest BCUT2D eigenvalue weighted by molar-refractivity contribution is 5.94. The van der Waals surface area contributed by atoms with Gasteiger partial charge >= 0.3 is 5.97 Å². The van der Waals surface area contributed by atoms with Crippen LogP contribution in [0.3, 0.4) is 0 Å². The van der Waals surface area contributed by atoms with E-state index in [0.717, 1.165) is 25.9 Å². The van der Waals surface area contributed by atoms with Gasteiger partial charge in [0.25, 0.3) is 0 Å². The summed E-state index contributed by atoms with van der Waals surface area (Å²) >= 11 is 0. The first kappa shape index (κ1) is 19.0. The van der Waals surface area contributed by atoms with Crippen LogP contribution in [-0.2, 0) is 16.1 Å². The van der Waals surface area contributed by atoms with Crippen LogP contribution < -0.4 is 10.1 Å². The lowest BCUT2D eigenvalue weighted by Crippen LogP contribution is -2.38. The summed E-state index contributed by atoms with van der Waals surface area (Å²) in [7, 11) is 2.94. The molecule has 1 aliphatic rings. The van der Waals surface area contributed by atoms with Gasteiger partial charge in [0.05, 0.1) is 32.7 Å². The number of esters is 1. The summed E-state index contributed by atoms with van der Waals surface area (Å²) in [6, 6.07) is 9.00. The van der Waals surface area contributed by atoms with Gasteiger partial charge < -0.3 is 19.2 Å². The van der Waals surface area contributed by atoms with Crippen molar-refractivity contribution in [2.24, 2.45) is 5.92 Å². The summed E-state index contributed by atoms with van der Waals surface area (Å²) in [5, 5.41) is 2.96. The average molecular weight is 372 g/mol. The maximum atomic E-state index is 12.6. The molecule has 3 rings (SSSR count). The zero-order valence-corrected chi connectivity index (χ0v) is 15.6. The van der Waals surface area contributed by atoms with Crippen LogP contribution in [0, 0.1) is 5.92 Å². The smallest absolute Gasteiger partial charge is 0.341 e. The number of methoxy groups -OCH3 is 2. The first-order valence-electron chi connectivity index (χ1n) is 8.93. The van der Waals surface area contributed by atoms with Crippen molar-refractivity contribution in [2.75, 3.05) is 32.6 Å². The van der Waals surface area contributed by atoms with Crippen molar-refractivity contribution < 1.29 is 23.5 Å². The standard InChI is InChI=1S/C20H24N2O5/c1-25-17-6-4-3-5-16(17)21-19(23)14-7-10-22(11-8-14)13-18-15(9-12-27-18)20(24)26-2/h3-6,9,12,14H,7-8,10-11,13H2,1-2H3,(H,21,23). The number of carbonyl (C=O) groups is 2. The van der Waals surface area contributed by atoms with Gasteiger partial charge in [-0.2, -0.15) is 0 Å². The summed E-state index contributed by atoms with van der Waals surface area (Å²) in [5.41, 5.74) is 1.14. The molecule has 1 aromatic heterocycles. The average Bonchev–Trinajstić information content (AvgIpc) is 3.16. The van der Waals surface area contributed by atoms with E-state index in [2.05, 4.69) is 10.2 Å². The molecule has 0 spiro atoms. The van der Waals surface area contributed by atoms with Gasteiger partial charge in [-0.15, -0.1) is 0 Å². The van der Waals surface area contributed by atoms with Gasteiger partial charge in [-0.1, -0.05) is 12.1 Å². The number of nitrogens with one attached hydrogen (secondary N) is 1. The van der Waals surface area contributed by atoms with Crippen LogP contribution in [-0.4, -0.2) is 44.1 Å². The van der Waals surface area contributed by atoms with Crippen LogP contribution in [0.25, 0.3) is 0 Å². The van der Waals surface area contributed by atoms with Gasteiger partial charge in [0.1, 0.15) is 17.1 Å². The van der Waals surface area contributed by atoms with E-state index in [4.69, 9.17) is 13.9 Å². The number of piperidine rings is 1. The molecule has 144 valence electrons. The van der Waals surface area contributed by atoms with Crippen LogP contribution in [0.1, 0.15) is 29.0 Å². The third-order valence-electron chi connectivity index (χ3n) is 4.84. The molecule has 1 fully saturated rings. The predicted octanol–water partition coefficient (Wildman–Crippen LogP) is 2.93. The summed E-state index contributed by atoms with van der Waals surface area (Å²) in [6.07, 6.45) is 2.99. The van der Waals surface area contributed by atoms with Crippen molar-refractivity contribution in [3.8, 4) is 5.75 Å². The Labute approximate surface area is 158 Å². The number of rotatable bonds is 6. The SMILES string of the molecule is COC(=O)c1ccoc1CN1CCC(C(=O)Nc2ccccc2OC)CC1. The topological polar surface area (TPSA) is 81.0 Å². The summed E-state index contributed by atoms with van der Waals surface area (Å²) in [4.78, 5) is 26.5. The highest BCUT2D eigenvalue weighted by atomic mass is 16.5. The van der Waals surface area contributed by atoms with E-state index in [1.807, 2.05) is 24.3 Å². The maximum Gasteiger partial charge on any atom is 0.341 e. The lowest BCUT2D eigenvalue weighted by molar-refractivity contribution is -0.121. The molecule has 1 saturated heterocycles. The Bertz CT molecular complexity index is 793. The molecule has 0 atom stereocenters. The van der Waals surface area contributed by atoms with E-state index in [1.165, 1.54) is 13.4 Å². The Morgan fingerprint density at radius 3 is 2.63 bits per heavy atom. The van der Waals surface area contributed by atoms with Gasteiger partial charge in [0, 0.05) is 5.92 Å². The number of furan rings is 1. The van der Waals surface area contributed by atoms with Crippen LogP contribution in [0.5, 0.6) is 5.75 Å². The molecular weight excluding hydrogens is 348 g/mol. The van der Waals surface area contributed by atoms with Crippen molar-refractivity contribution in [1.29, 1.82) is 0 Å². The van der Waals surface area contributed by atoms with Crippen LogP contribution in [0.4, 0.5) is 5.69 Å². The Hall–Kier alpha value is -2.80. The Morgan fingerprint density at radius 2 is 1.93 bits per heavy atom. The van der Waals surface area contributed by atoms with E-state index < -0.39 is 5.97 Å². The number of nitrogens with zero attached hydrogens (tertiary/aromatic N) is 1. The summed E-state index contributed by atoms with van der Waals surface area (Å²) in [6.45, 7) is 2.04. The largest absolute Gasteiger partial charge is 0.495 e. The molecular formula is C20H24N2O5. The number of anilines is 1. The maximum absolute atomic E-state index is 12.6. The fourth-order valence-corrected chi connectivity index (χ4v) is 3.29. The minimum Gasteiger partial charge on any atom is -0.495 e. The minimum atomic E-state index is -0.398. The monoisotopic (exact) mass is 372 g/mol. The normalized spacial score (nSPS) is 15.3. The molecule has 7 nitrogen and oxygen atoms in total. The molecule has 2 aromatic rings. The fourth-order valence-electron chi connectivity index (χ4n) is 3.29. The second-order valence-electron chi connectivity index (χ2n) is 6.49. The molecule has 1 amide bonds. The molecule has 7 heteroatoms. The molecule has 0 unspecified atom stereocenters. The molecule has 1 aliphatic heterocycles. The fraction of sp³-hybridized carbons (Fsp3) is 0.400. The molecule has 1 N–H and O–H groups in total. The molecule has 0 saturated carbocycles. The van der Waals surface area contributed by atoms with Crippen LogP contribution >= 0.6 is 0 Å². The van der Waals surface area contributed by atoms with Crippen molar-refractivity contribution in [3.05, 3.63) is 47.9 Å². The molecule has 27 heavy (non-hydrogen) atoms. The third kappa shape index (κ3) is 4.49. The van der Waals surface area contributed by atoms with E-state index in [9.17, 15) is 9.59 Å². The number of carbonyl (C=O) groups excluding carboxylic acids is 2. The number of hydrogen-bond donors (Lipinski definition) is 1. The first-order valence-corrected chi connectivity index (χ1v) is 8.93. The highest BCUT2D eigenvalue weighted by Gasteiger charge is 2.27. The van der Waals surface area contributed by atoms with Gasteiger partial charge in [-0.25, -0.2) is 4.79 Å². The second-order valence-corrected chi connectivity index (χ2v) is 6.49. The minimum absolute atomic E-state index is 0.00685. The number of benzene rings is 1. The summed E-state index contributed by atoms with van der Waals surface area (Å²) in [5.74, 6) is 0.801. The lowest BCUT2D eigenvalue weighted by Gasteiger charge is -2.30. The highest BCUT2D eigenvalue weighted by Crippen LogP contribution is 2.26. The van der Waals surface area contributed by atoms with Gasteiger partial charge in [-0.05, 0) is 44.1 Å². The van der Waals surface area contributed by atoms with E-state index in [1.54, 1.807) is 13.2 Å². The van der Waals surface area contributed by atoms with Crippen molar-refractivity contribution in [1.82, 2.24) is 4.90 Å². The van der Waals surface area contributed by atoms with E-state index in [0.29, 0.717) is 29.3 Å². The number of amides is 1. The second kappa shape index (κ2) is 8.73. The Balaban J connectivity index is 1.54. The molecule has 0 aliphatic carbocycles. The lowest BCUT2D eigenvalue weighted by atomic mass is 9.95. The zero-order valence-electron chi connectivity index (χ0n) is 15.6. The van der Waals surface area contributed by atoms with Crippen molar-refractivity contribution in [2.45, 2.75) is 19.4 Å².